The topological polar surface area (TPSA) is 26.8 Å². The van der Waals surface area contributed by atoms with Gasteiger partial charge in [-0.2, -0.15) is 0 Å². The summed E-state index contributed by atoms with van der Waals surface area (Å²) in [5, 5.41) is 2.20. The molecule has 4 rings (SSSR count). The minimum absolute atomic E-state index is 0.156. The van der Waals surface area contributed by atoms with Gasteiger partial charge >= 0.3 is 0 Å². The third-order valence-electron chi connectivity index (χ3n) is 5.11. The molecule has 24 heavy (non-hydrogen) atoms. The normalized spacial score (nSPS) is 18.2. The quantitative estimate of drug-likeness (QED) is 0.859. The molecule has 0 N–H and O–H groups in total. The number of fused-ring (bicyclic) bond motifs is 1. The van der Waals surface area contributed by atoms with Crippen molar-refractivity contribution in [2.45, 2.75) is 19.0 Å². The van der Waals surface area contributed by atoms with Gasteiger partial charge in [-0.05, 0) is 41.6 Å². The Morgan fingerprint density at radius 2 is 2.08 bits per heavy atom. The van der Waals surface area contributed by atoms with Gasteiger partial charge in [0.25, 0.3) is 5.91 Å². The van der Waals surface area contributed by atoms with E-state index in [0.717, 1.165) is 43.9 Å². The summed E-state index contributed by atoms with van der Waals surface area (Å²) in [7, 11) is 4.00. The molecule has 0 radical (unpaired) electrons. The van der Waals surface area contributed by atoms with Crippen LogP contribution in [0.15, 0.2) is 35.7 Å². The molecule has 1 amide bonds. The van der Waals surface area contributed by atoms with Crippen LogP contribution in [-0.2, 0) is 13.0 Å². The van der Waals surface area contributed by atoms with Crippen LogP contribution in [0, 0.1) is 0 Å². The largest absolute Gasteiger partial charge is 0.378 e. The number of hydrogen-bond donors (Lipinski definition) is 0. The van der Waals surface area contributed by atoms with Crippen LogP contribution in [-0.4, -0.2) is 55.5 Å². The van der Waals surface area contributed by atoms with Crippen molar-refractivity contribution in [1.82, 2.24) is 9.80 Å². The maximum Gasteiger partial charge on any atom is 0.254 e. The number of hydrogen-bond acceptors (Lipinski definition) is 4. The predicted octanol–water partition coefficient (Wildman–Crippen LogP) is 2.70. The Morgan fingerprint density at radius 1 is 1.25 bits per heavy atom. The Balaban J connectivity index is 1.37. The summed E-state index contributed by atoms with van der Waals surface area (Å²) >= 11 is 1.88. The number of thiophene rings is 1. The minimum atomic E-state index is 0.156. The smallest absolute Gasteiger partial charge is 0.254 e. The first-order valence-corrected chi connectivity index (χ1v) is 9.36. The van der Waals surface area contributed by atoms with Gasteiger partial charge in [0.2, 0.25) is 0 Å². The highest BCUT2D eigenvalue weighted by Gasteiger charge is 2.36. The van der Waals surface area contributed by atoms with Crippen LogP contribution < -0.4 is 4.90 Å². The van der Waals surface area contributed by atoms with Gasteiger partial charge in [-0.3, -0.25) is 9.69 Å². The third kappa shape index (κ3) is 2.82. The number of benzene rings is 1. The number of carbonyl (C=O) groups excluding carboxylic acids is 1. The molecule has 5 heteroatoms. The van der Waals surface area contributed by atoms with Gasteiger partial charge in [0.1, 0.15) is 0 Å². The number of amides is 1. The minimum Gasteiger partial charge on any atom is -0.378 e. The summed E-state index contributed by atoms with van der Waals surface area (Å²) in [5.41, 5.74) is 3.34. The Labute approximate surface area is 147 Å². The fraction of sp³-hybridized carbons (Fsp3) is 0.421. The highest BCUT2D eigenvalue weighted by atomic mass is 32.1. The summed E-state index contributed by atoms with van der Waals surface area (Å²) in [5.74, 6) is 0.156. The number of rotatable bonds is 3. The SMILES string of the molecule is CN(C)c1cccc(C(=O)N2CC(N3CCc4sccc4C3)C2)c1. The van der Waals surface area contributed by atoms with E-state index in [0.29, 0.717) is 6.04 Å². The molecule has 3 heterocycles. The van der Waals surface area contributed by atoms with Crippen molar-refractivity contribution in [2.24, 2.45) is 0 Å². The zero-order valence-corrected chi connectivity index (χ0v) is 15.1. The van der Waals surface area contributed by atoms with Crippen LogP contribution in [0.5, 0.6) is 0 Å². The van der Waals surface area contributed by atoms with Gasteiger partial charge in [0.05, 0.1) is 0 Å². The predicted molar refractivity (Wildman–Crippen MR) is 98.9 cm³/mol. The van der Waals surface area contributed by atoms with Crippen molar-refractivity contribution < 1.29 is 4.79 Å². The molecule has 0 atom stereocenters. The van der Waals surface area contributed by atoms with Gasteiger partial charge in [0.15, 0.2) is 0 Å². The van der Waals surface area contributed by atoms with E-state index < -0.39 is 0 Å². The second-order valence-corrected chi connectivity index (χ2v) is 7.90. The van der Waals surface area contributed by atoms with E-state index in [1.807, 2.05) is 59.5 Å². The molecule has 0 aliphatic carbocycles. The zero-order valence-electron chi connectivity index (χ0n) is 14.2. The molecule has 2 aromatic rings. The summed E-state index contributed by atoms with van der Waals surface area (Å²) in [6.07, 6.45) is 1.16. The fourth-order valence-corrected chi connectivity index (χ4v) is 4.42. The molecule has 2 aliphatic rings. The first kappa shape index (κ1) is 15.7. The Kier molecular flexibility index (Phi) is 4.06. The summed E-state index contributed by atoms with van der Waals surface area (Å²) in [6, 6.07) is 10.7. The van der Waals surface area contributed by atoms with E-state index in [4.69, 9.17) is 0 Å². The lowest BCUT2D eigenvalue weighted by molar-refractivity contribution is 0.0221. The van der Waals surface area contributed by atoms with Crippen molar-refractivity contribution in [3.8, 4) is 0 Å². The third-order valence-corrected chi connectivity index (χ3v) is 6.14. The maximum absolute atomic E-state index is 12.7. The Bertz CT molecular complexity index is 749. The highest BCUT2D eigenvalue weighted by Crippen LogP contribution is 2.28. The van der Waals surface area contributed by atoms with Crippen LogP contribution in [0.4, 0.5) is 5.69 Å². The molecule has 0 unspecified atom stereocenters. The average Bonchev–Trinajstić information content (AvgIpc) is 3.01. The van der Waals surface area contributed by atoms with E-state index in [2.05, 4.69) is 16.3 Å². The van der Waals surface area contributed by atoms with Crippen LogP contribution >= 0.6 is 11.3 Å². The molecular formula is C19H23N3OS. The molecular weight excluding hydrogens is 318 g/mol. The molecule has 0 spiro atoms. The monoisotopic (exact) mass is 341 g/mol. The standard InChI is InChI=1S/C19H23N3OS/c1-20(2)16-5-3-4-14(10-16)19(23)22-12-17(13-22)21-8-6-18-15(11-21)7-9-24-18/h3-5,7,9-10,17H,6,8,11-13H2,1-2H3. The highest BCUT2D eigenvalue weighted by molar-refractivity contribution is 7.10. The van der Waals surface area contributed by atoms with E-state index in [1.165, 1.54) is 5.56 Å². The van der Waals surface area contributed by atoms with Crippen LogP contribution in [0.25, 0.3) is 0 Å². The zero-order chi connectivity index (χ0) is 16.7. The lowest BCUT2D eigenvalue weighted by Gasteiger charge is -2.46. The lowest BCUT2D eigenvalue weighted by atomic mass is 10.0. The van der Waals surface area contributed by atoms with Crippen molar-refractivity contribution in [3.05, 3.63) is 51.7 Å². The number of anilines is 1. The number of carbonyl (C=O) groups is 1. The first-order chi connectivity index (χ1) is 11.6. The first-order valence-electron chi connectivity index (χ1n) is 8.48. The van der Waals surface area contributed by atoms with Crippen LogP contribution in [0.1, 0.15) is 20.8 Å². The van der Waals surface area contributed by atoms with Crippen molar-refractivity contribution in [3.63, 3.8) is 0 Å². The average molecular weight is 341 g/mol. The maximum atomic E-state index is 12.7. The van der Waals surface area contributed by atoms with Gasteiger partial charge < -0.3 is 9.80 Å². The lowest BCUT2D eigenvalue weighted by Crippen LogP contribution is -2.61. The van der Waals surface area contributed by atoms with E-state index in [-0.39, 0.29) is 5.91 Å². The van der Waals surface area contributed by atoms with E-state index in [1.54, 1.807) is 4.88 Å². The number of likely N-dealkylation sites (tertiary alicyclic amines) is 1. The summed E-state index contributed by atoms with van der Waals surface area (Å²) in [4.78, 5) is 20.8. The molecule has 2 aliphatic heterocycles. The van der Waals surface area contributed by atoms with Gasteiger partial charge in [-0.1, -0.05) is 6.07 Å². The van der Waals surface area contributed by atoms with Gasteiger partial charge in [0, 0.05) is 62.4 Å². The molecule has 0 bridgehead atoms. The molecule has 1 fully saturated rings. The van der Waals surface area contributed by atoms with E-state index >= 15 is 0 Å². The second-order valence-electron chi connectivity index (χ2n) is 6.90. The molecule has 0 saturated carbocycles. The van der Waals surface area contributed by atoms with Gasteiger partial charge in [-0.25, -0.2) is 0 Å². The van der Waals surface area contributed by atoms with Crippen molar-refractivity contribution >= 4 is 22.9 Å². The second kappa shape index (κ2) is 6.22. The summed E-state index contributed by atoms with van der Waals surface area (Å²) in [6.45, 7) is 3.87. The van der Waals surface area contributed by atoms with Gasteiger partial charge in [-0.15, -0.1) is 11.3 Å². The molecule has 1 saturated heterocycles. The van der Waals surface area contributed by atoms with Crippen LogP contribution in [0.2, 0.25) is 0 Å². The molecule has 1 aromatic carbocycles. The molecule has 126 valence electrons. The fourth-order valence-electron chi connectivity index (χ4n) is 3.53. The van der Waals surface area contributed by atoms with Crippen molar-refractivity contribution in [2.75, 3.05) is 38.6 Å². The number of nitrogens with zero attached hydrogens (tertiary/aromatic N) is 3. The summed E-state index contributed by atoms with van der Waals surface area (Å²) < 4.78 is 0. The van der Waals surface area contributed by atoms with Crippen molar-refractivity contribution in [1.29, 1.82) is 0 Å². The molecule has 1 aromatic heterocycles. The van der Waals surface area contributed by atoms with Crippen LogP contribution in [0.3, 0.4) is 0 Å². The van der Waals surface area contributed by atoms with E-state index in [9.17, 15) is 4.79 Å². The Hall–Kier alpha value is -1.85. The molecule has 4 nitrogen and oxygen atoms in total. The Morgan fingerprint density at radius 3 is 2.88 bits per heavy atom.